The Labute approximate surface area is 158 Å². The Hall–Kier alpha value is -2.55. The Kier molecular flexibility index (Phi) is 5.69. The van der Waals surface area contributed by atoms with Gasteiger partial charge >= 0.3 is 12.0 Å². The van der Waals surface area contributed by atoms with Crippen molar-refractivity contribution in [3.63, 3.8) is 0 Å². The number of carboxylic acids is 1. The molecule has 1 aromatic heterocycles. The van der Waals surface area contributed by atoms with Crippen LogP contribution >= 0.6 is 11.3 Å². The standard InChI is InChI=1S/C18H19F2N3O3S/c1-10-15(9-12-13(19)3-2-4-14(12)20)27-17(21-10)22-18(26)23-7-5-11(6-8-23)16(24)25/h2-4,11H,5-9H2,1H3,(H,24,25)(H,21,22,26). The molecule has 27 heavy (non-hydrogen) atoms. The van der Waals surface area contributed by atoms with Gasteiger partial charge in [-0.15, -0.1) is 11.3 Å². The van der Waals surface area contributed by atoms with E-state index in [2.05, 4.69) is 10.3 Å². The van der Waals surface area contributed by atoms with Crippen molar-refractivity contribution in [2.45, 2.75) is 26.2 Å². The Morgan fingerprint density at radius 2 is 1.93 bits per heavy atom. The molecule has 2 heterocycles. The zero-order chi connectivity index (χ0) is 19.6. The molecule has 1 aliphatic rings. The fraction of sp³-hybridized carbons (Fsp3) is 0.389. The molecule has 0 unspecified atom stereocenters. The second-order valence-electron chi connectivity index (χ2n) is 6.43. The summed E-state index contributed by atoms with van der Waals surface area (Å²) in [6.45, 7) is 2.44. The molecule has 1 aromatic carbocycles. The third-order valence-electron chi connectivity index (χ3n) is 4.64. The van der Waals surface area contributed by atoms with Crippen molar-refractivity contribution < 1.29 is 23.5 Å². The first-order valence-corrected chi connectivity index (χ1v) is 9.34. The van der Waals surface area contributed by atoms with Gasteiger partial charge in [-0.1, -0.05) is 6.07 Å². The van der Waals surface area contributed by atoms with E-state index < -0.39 is 23.5 Å². The lowest BCUT2D eigenvalue weighted by atomic mass is 9.97. The van der Waals surface area contributed by atoms with E-state index in [0.717, 1.165) is 0 Å². The highest BCUT2D eigenvalue weighted by Crippen LogP contribution is 2.28. The number of carbonyl (C=O) groups is 2. The molecular weight excluding hydrogens is 376 g/mol. The summed E-state index contributed by atoms with van der Waals surface area (Å²) in [6, 6.07) is 3.37. The molecule has 2 N–H and O–H groups in total. The van der Waals surface area contributed by atoms with Gasteiger partial charge in [0.15, 0.2) is 5.13 Å². The molecule has 0 bridgehead atoms. The fourth-order valence-corrected chi connectivity index (χ4v) is 3.97. The van der Waals surface area contributed by atoms with Crippen molar-refractivity contribution in [1.82, 2.24) is 9.88 Å². The highest BCUT2D eigenvalue weighted by Gasteiger charge is 2.27. The van der Waals surface area contributed by atoms with Crippen LogP contribution in [0.25, 0.3) is 0 Å². The lowest BCUT2D eigenvalue weighted by molar-refractivity contribution is -0.143. The summed E-state index contributed by atoms with van der Waals surface area (Å²) >= 11 is 1.17. The summed E-state index contributed by atoms with van der Waals surface area (Å²) in [5.74, 6) is -2.49. The van der Waals surface area contributed by atoms with Crippen LogP contribution in [0, 0.1) is 24.5 Å². The molecule has 9 heteroatoms. The summed E-state index contributed by atoms with van der Waals surface area (Å²) in [4.78, 5) is 29.8. The van der Waals surface area contributed by atoms with E-state index in [1.807, 2.05) is 0 Å². The maximum absolute atomic E-state index is 13.8. The van der Waals surface area contributed by atoms with E-state index >= 15 is 0 Å². The number of hydrogen-bond acceptors (Lipinski definition) is 4. The van der Waals surface area contributed by atoms with Crippen molar-refractivity contribution in [1.29, 1.82) is 0 Å². The number of benzene rings is 1. The summed E-state index contributed by atoms with van der Waals surface area (Å²) in [7, 11) is 0. The number of nitrogens with zero attached hydrogens (tertiary/aromatic N) is 2. The van der Waals surface area contributed by atoms with Gasteiger partial charge in [0.1, 0.15) is 11.6 Å². The van der Waals surface area contributed by atoms with Gasteiger partial charge in [0, 0.05) is 30.0 Å². The van der Waals surface area contributed by atoms with E-state index in [-0.39, 0.29) is 18.0 Å². The number of carboxylic acid groups (broad SMARTS) is 1. The fourth-order valence-electron chi connectivity index (χ4n) is 3.01. The lowest BCUT2D eigenvalue weighted by Crippen LogP contribution is -2.42. The number of urea groups is 1. The normalized spacial score (nSPS) is 15.0. The van der Waals surface area contributed by atoms with Crippen molar-refractivity contribution in [2.75, 3.05) is 18.4 Å². The molecule has 2 amide bonds. The van der Waals surface area contributed by atoms with Crippen LogP contribution in [0.3, 0.4) is 0 Å². The Balaban J connectivity index is 1.65. The zero-order valence-corrected chi connectivity index (χ0v) is 15.5. The van der Waals surface area contributed by atoms with Gasteiger partial charge in [-0.2, -0.15) is 0 Å². The van der Waals surface area contributed by atoms with Gasteiger partial charge in [0.05, 0.1) is 11.6 Å². The predicted octanol–water partition coefficient (Wildman–Crippen LogP) is 3.65. The number of nitrogens with one attached hydrogen (secondary N) is 1. The Morgan fingerprint density at radius 3 is 2.52 bits per heavy atom. The van der Waals surface area contributed by atoms with Crippen LogP contribution in [0.15, 0.2) is 18.2 Å². The molecule has 1 fully saturated rings. The predicted molar refractivity (Wildman–Crippen MR) is 97.0 cm³/mol. The van der Waals surface area contributed by atoms with Crippen molar-refractivity contribution in [3.8, 4) is 0 Å². The van der Waals surface area contributed by atoms with Crippen LogP contribution in [-0.2, 0) is 11.2 Å². The number of aromatic nitrogens is 1. The molecule has 0 atom stereocenters. The third-order valence-corrected chi connectivity index (χ3v) is 5.71. The smallest absolute Gasteiger partial charge is 0.323 e. The number of piperidine rings is 1. The summed E-state index contributed by atoms with van der Waals surface area (Å²) in [6.07, 6.45) is 0.886. The molecule has 0 aliphatic carbocycles. The second-order valence-corrected chi connectivity index (χ2v) is 7.52. The van der Waals surface area contributed by atoms with Crippen LogP contribution < -0.4 is 5.32 Å². The van der Waals surface area contributed by atoms with Gasteiger partial charge in [-0.05, 0) is 31.9 Å². The second kappa shape index (κ2) is 7.99. The molecule has 144 valence electrons. The minimum absolute atomic E-state index is 0.0298. The van der Waals surface area contributed by atoms with E-state index in [1.54, 1.807) is 11.8 Å². The van der Waals surface area contributed by atoms with Crippen LogP contribution in [0.1, 0.15) is 29.0 Å². The Morgan fingerprint density at radius 1 is 1.30 bits per heavy atom. The van der Waals surface area contributed by atoms with Crippen LogP contribution in [-0.4, -0.2) is 40.1 Å². The molecular formula is C18H19F2N3O3S. The van der Waals surface area contributed by atoms with Gasteiger partial charge in [0.25, 0.3) is 0 Å². The number of rotatable bonds is 4. The monoisotopic (exact) mass is 395 g/mol. The highest BCUT2D eigenvalue weighted by molar-refractivity contribution is 7.15. The van der Waals surface area contributed by atoms with Crippen LogP contribution in [0.4, 0.5) is 18.7 Å². The summed E-state index contributed by atoms with van der Waals surface area (Å²) in [5, 5.41) is 12.1. The van der Waals surface area contributed by atoms with Crippen molar-refractivity contribution in [2.24, 2.45) is 5.92 Å². The molecule has 1 saturated heterocycles. The number of amides is 2. The molecule has 6 nitrogen and oxygen atoms in total. The number of aliphatic carboxylic acids is 1. The van der Waals surface area contributed by atoms with Gasteiger partial charge in [-0.3, -0.25) is 10.1 Å². The summed E-state index contributed by atoms with van der Waals surface area (Å²) in [5.41, 5.74) is 0.570. The number of halogens is 2. The number of aryl methyl sites for hydroxylation is 1. The van der Waals surface area contributed by atoms with Crippen molar-refractivity contribution in [3.05, 3.63) is 46.0 Å². The number of hydrogen-bond donors (Lipinski definition) is 2. The quantitative estimate of drug-likeness (QED) is 0.828. The number of anilines is 1. The van der Waals surface area contributed by atoms with Crippen molar-refractivity contribution >= 4 is 28.5 Å². The van der Waals surface area contributed by atoms with Crippen LogP contribution in [0.2, 0.25) is 0 Å². The average Bonchev–Trinajstić information content (AvgIpc) is 2.97. The Bertz CT molecular complexity index is 843. The van der Waals surface area contributed by atoms with Crippen LogP contribution in [0.5, 0.6) is 0 Å². The summed E-state index contributed by atoms with van der Waals surface area (Å²) < 4.78 is 27.7. The topological polar surface area (TPSA) is 82.5 Å². The first kappa shape index (κ1) is 19.2. The molecule has 0 radical (unpaired) electrons. The molecule has 0 spiro atoms. The first-order chi connectivity index (χ1) is 12.8. The maximum atomic E-state index is 13.8. The molecule has 1 aliphatic heterocycles. The minimum atomic E-state index is -0.837. The van der Waals surface area contributed by atoms with Gasteiger partial charge in [-0.25, -0.2) is 18.6 Å². The zero-order valence-electron chi connectivity index (χ0n) is 14.7. The number of likely N-dealkylation sites (tertiary alicyclic amines) is 1. The third kappa shape index (κ3) is 4.41. The lowest BCUT2D eigenvalue weighted by Gasteiger charge is -2.29. The number of carbonyl (C=O) groups excluding carboxylic acids is 1. The van der Waals surface area contributed by atoms with Gasteiger partial charge < -0.3 is 10.0 Å². The molecule has 0 saturated carbocycles. The van der Waals surface area contributed by atoms with Gasteiger partial charge in [0.2, 0.25) is 0 Å². The highest BCUT2D eigenvalue weighted by atomic mass is 32.1. The van der Waals surface area contributed by atoms with E-state index in [4.69, 9.17) is 5.11 Å². The SMILES string of the molecule is Cc1nc(NC(=O)N2CCC(C(=O)O)CC2)sc1Cc1c(F)cccc1F. The van der Waals surface area contributed by atoms with E-state index in [1.165, 1.54) is 29.5 Å². The largest absolute Gasteiger partial charge is 0.481 e. The molecule has 3 rings (SSSR count). The molecule has 2 aromatic rings. The first-order valence-electron chi connectivity index (χ1n) is 8.53. The number of thiazole rings is 1. The maximum Gasteiger partial charge on any atom is 0.323 e. The minimum Gasteiger partial charge on any atom is -0.481 e. The average molecular weight is 395 g/mol. The van der Waals surface area contributed by atoms with E-state index in [0.29, 0.717) is 41.6 Å². The van der Waals surface area contributed by atoms with E-state index in [9.17, 15) is 18.4 Å².